The van der Waals surface area contributed by atoms with E-state index in [9.17, 15) is 9.90 Å². The van der Waals surface area contributed by atoms with Gasteiger partial charge in [-0.25, -0.2) is 9.36 Å². The van der Waals surface area contributed by atoms with Crippen LogP contribution in [0.15, 0.2) is 162 Å². The molecule has 0 spiro atoms. The third kappa shape index (κ3) is 13.2. The van der Waals surface area contributed by atoms with Gasteiger partial charge < -0.3 is 24.1 Å². The van der Waals surface area contributed by atoms with Gasteiger partial charge in [-0.2, -0.15) is 10.2 Å². The monoisotopic (exact) mass is 1090 g/mol. The Hall–Kier alpha value is -5.53. The zero-order valence-electron chi connectivity index (χ0n) is 41.6. The second-order valence-corrected chi connectivity index (χ2v) is 20.0. The zero-order chi connectivity index (χ0) is 51.0. The van der Waals surface area contributed by atoms with Crippen molar-refractivity contribution in [3.05, 3.63) is 190 Å². The summed E-state index contributed by atoms with van der Waals surface area (Å²) in [5.41, 5.74) is 5.44. The molecule has 0 radical (unpaired) electrons. The number of carbonyl (C=O) groups is 1. The van der Waals surface area contributed by atoms with Crippen LogP contribution in [0.3, 0.4) is 0 Å². The molecular formula is C60H65BrCl2N4O6. The van der Waals surface area contributed by atoms with Crippen molar-refractivity contribution in [2.45, 2.75) is 95.1 Å². The SMILES string of the molecule is Brc1ccc2c(cnn2C2CCCCO2)c1.CCC(C(=O)c1ccc(OCCCl)cc1)c1ccccc1.CCC(c1ccccc1)C(O)(c1ccc(OCCCl)cc1)c1ccc2c(cnn2C2CCCCO2)c1. The van der Waals surface area contributed by atoms with Crippen LogP contribution in [0.2, 0.25) is 0 Å². The second kappa shape index (κ2) is 26.6. The van der Waals surface area contributed by atoms with Crippen molar-refractivity contribution in [2.24, 2.45) is 0 Å². The lowest BCUT2D eigenvalue weighted by atomic mass is 9.71. The molecule has 5 unspecified atom stereocenters. The Morgan fingerprint density at radius 1 is 0.658 bits per heavy atom. The number of benzene rings is 6. The number of aromatic nitrogens is 4. The molecule has 2 aliphatic rings. The van der Waals surface area contributed by atoms with Crippen LogP contribution < -0.4 is 9.47 Å². The largest absolute Gasteiger partial charge is 0.492 e. The van der Waals surface area contributed by atoms with Gasteiger partial charge in [0.05, 0.1) is 35.2 Å². The fourth-order valence-corrected chi connectivity index (χ4v) is 10.5. The molecule has 6 aromatic carbocycles. The number of rotatable bonds is 17. The van der Waals surface area contributed by atoms with Crippen LogP contribution in [-0.2, 0) is 15.1 Å². The van der Waals surface area contributed by atoms with Gasteiger partial charge in [0, 0.05) is 45.9 Å². The molecule has 8 aromatic rings. The highest BCUT2D eigenvalue weighted by Gasteiger charge is 2.41. The van der Waals surface area contributed by atoms with Crippen molar-refractivity contribution < 1.29 is 28.8 Å². The van der Waals surface area contributed by atoms with E-state index in [0.717, 1.165) is 112 Å². The number of fused-ring (bicyclic) bond motifs is 2. The van der Waals surface area contributed by atoms with Gasteiger partial charge in [0.2, 0.25) is 0 Å². The van der Waals surface area contributed by atoms with Gasteiger partial charge in [-0.3, -0.25) is 4.79 Å². The van der Waals surface area contributed by atoms with E-state index in [-0.39, 0.29) is 30.1 Å². The van der Waals surface area contributed by atoms with E-state index in [1.54, 1.807) is 0 Å². The van der Waals surface area contributed by atoms with Crippen molar-refractivity contribution in [3.63, 3.8) is 0 Å². The minimum Gasteiger partial charge on any atom is -0.492 e. The highest BCUT2D eigenvalue weighted by Crippen LogP contribution is 2.46. The second-order valence-electron chi connectivity index (χ2n) is 18.3. The molecule has 382 valence electrons. The Morgan fingerprint density at radius 3 is 1.67 bits per heavy atom. The molecule has 0 saturated carbocycles. The lowest BCUT2D eigenvalue weighted by molar-refractivity contribution is -0.0367. The van der Waals surface area contributed by atoms with E-state index in [1.165, 1.54) is 12.8 Å². The van der Waals surface area contributed by atoms with Crippen LogP contribution in [0.1, 0.15) is 122 Å². The topological polar surface area (TPSA) is 110 Å². The summed E-state index contributed by atoms with van der Waals surface area (Å²) >= 11 is 14.8. The smallest absolute Gasteiger partial charge is 0.170 e. The summed E-state index contributed by atoms with van der Waals surface area (Å²) in [6, 6.07) is 47.5. The Balaban J connectivity index is 0.000000162. The summed E-state index contributed by atoms with van der Waals surface area (Å²) in [6.45, 7) is 6.69. The number of ether oxygens (including phenoxy) is 4. The average molecular weight is 1090 g/mol. The van der Waals surface area contributed by atoms with Crippen LogP contribution in [0.25, 0.3) is 21.8 Å². The third-order valence-electron chi connectivity index (χ3n) is 13.6. The molecule has 0 amide bonds. The van der Waals surface area contributed by atoms with Gasteiger partial charge >= 0.3 is 0 Å². The fourth-order valence-electron chi connectivity index (χ4n) is 9.93. The number of carbonyl (C=O) groups excluding carboxylic acids is 1. The summed E-state index contributed by atoms with van der Waals surface area (Å²) in [4.78, 5) is 12.6. The molecule has 73 heavy (non-hydrogen) atoms. The summed E-state index contributed by atoms with van der Waals surface area (Å²) < 4.78 is 27.9. The number of halogens is 3. The van der Waals surface area contributed by atoms with E-state index < -0.39 is 5.60 Å². The van der Waals surface area contributed by atoms with Crippen LogP contribution >= 0.6 is 39.1 Å². The number of aliphatic hydroxyl groups is 1. The molecular weight excluding hydrogens is 1020 g/mol. The summed E-state index contributed by atoms with van der Waals surface area (Å²) in [5, 5.41) is 23.9. The van der Waals surface area contributed by atoms with E-state index in [1.807, 2.05) is 138 Å². The molecule has 10 rings (SSSR count). The van der Waals surface area contributed by atoms with Crippen molar-refractivity contribution in [2.75, 3.05) is 38.2 Å². The quantitative estimate of drug-likeness (QED) is 0.0709. The Bertz CT molecular complexity index is 2940. The minimum absolute atomic E-state index is 0.0331. The minimum atomic E-state index is -1.25. The number of hydrogen-bond acceptors (Lipinski definition) is 8. The normalized spacial score (nSPS) is 17.3. The number of alkyl halides is 2. The average Bonchev–Trinajstić information content (AvgIpc) is 4.08. The molecule has 2 saturated heterocycles. The van der Waals surface area contributed by atoms with Crippen LogP contribution in [0, 0.1) is 0 Å². The van der Waals surface area contributed by atoms with Gasteiger partial charge in [-0.05, 0) is 140 Å². The summed E-state index contributed by atoms with van der Waals surface area (Å²) in [5.74, 6) is 2.25. The molecule has 2 aliphatic heterocycles. The van der Waals surface area contributed by atoms with Gasteiger partial charge in [-0.1, -0.05) is 109 Å². The first-order valence-electron chi connectivity index (χ1n) is 25.5. The zero-order valence-corrected chi connectivity index (χ0v) is 44.7. The highest BCUT2D eigenvalue weighted by molar-refractivity contribution is 9.10. The highest BCUT2D eigenvalue weighted by atomic mass is 79.9. The molecule has 1 N–H and O–H groups in total. The van der Waals surface area contributed by atoms with Crippen LogP contribution in [0.5, 0.6) is 11.5 Å². The molecule has 0 bridgehead atoms. The van der Waals surface area contributed by atoms with E-state index >= 15 is 0 Å². The molecule has 0 aliphatic carbocycles. The lowest BCUT2D eigenvalue weighted by Crippen LogP contribution is -2.35. The summed E-state index contributed by atoms with van der Waals surface area (Å²) in [7, 11) is 0. The first-order valence-corrected chi connectivity index (χ1v) is 27.4. The maximum Gasteiger partial charge on any atom is 0.170 e. The van der Waals surface area contributed by atoms with Gasteiger partial charge in [-0.15, -0.1) is 23.2 Å². The van der Waals surface area contributed by atoms with Gasteiger partial charge in [0.25, 0.3) is 0 Å². The number of ketones is 1. The number of Topliss-reactive ketones (excluding diaryl/α,β-unsaturated/α-hetero) is 1. The molecule has 13 heteroatoms. The Morgan fingerprint density at radius 2 is 1.16 bits per heavy atom. The Labute approximate surface area is 447 Å². The Kier molecular flexibility index (Phi) is 19.6. The number of hydrogen-bond donors (Lipinski definition) is 1. The standard InChI is InChI=1S/C30H33ClN2O3.C18H19ClO2.C12H13BrN2O/c1-2-27(22-8-4-3-5-9-22)30(34,24-11-14-26(15-12-24)35-19-17-31)25-13-16-28-23(20-25)21-32-33(28)29-10-6-7-18-36-29;1-2-17(14-6-4-3-5-7-14)18(20)15-8-10-16(11-9-15)21-13-12-19;13-10-4-5-11-9(7-10)8-14-15(11)12-3-1-2-6-16-12/h3-5,8-9,11-16,20-21,27,29,34H,2,6-7,10,17-19H2,1H3;3-11,17H,2,12-13H2,1H3;4-5,7-8,12H,1-3,6H2. The van der Waals surface area contributed by atoms with Crippen LogP contribution in [-0.4, -0.2) is 68.6 Å². The molecule has 10 nitrogen and oxygen atoms in total. The van der Waals surface area contributed by atoms with Gasteiger partial charge in [0.15, 0.2) is 18.2 Å². The maximum absolute atomic E-state index is 12.6. The van der Waals surface area contributed by atoms with E-state index in [4.69, 9.17) is 42.1 Å². The fraction of sp³-hybridized carbons (Fsp3) is 0.350. The molecule has 5 atom stereocenters. The van der Waals surface area contributed by atoms with E-state index in [2.05, 4.69) is 69.4 Å². The molecule has 2 aromatic heterocycles. The van der Waals surface area contributed by atoms with Crippen molar-refractivity contribution in [1.82, 2.24) is 19.6 Å². The number of nitrogens with zero attached hydrogens (tertiary/aromatic N) is 4. The molecule has 4 heterocycles. The van der Waals surface area contributed by atoms with Crippen molar-refractivity contribution >= 4 is 66.7 Å². The molecule has 2 fully saturated rings. The predicted octanol–water partition coefficient (Wildman–Crippen LogP) is 15.0. The summed E-state index contributed by atoms with van der Waals surface area (Å²) in [6.07, 6.45) is 12.1. The first kappa shape index (κ1) is 53.8. The van der Waals surface area contributed by atoms with Crippen molar-refractivity contribution in [3.8, 4) is 11.5 Å². The van der Waals surface area contributed by atoms with E-state index in [0.29, 0.717) is 30.5 Å². The van der Waals surface area contributed by atoms with Gasteiger partial charge in [0.1, 0.15) is 30.3 Å². The van der Waals surface area contributed by atoms with Crippen molar-refractivity contribution in [1.29, 1.82) is 0 Å². The maximum atomic E-state index is 12.6. The van der Waals surface area contributed by atoms with Crippen LogP contribution in [0.4, 0.5) is 0 Å². The predicted molar refractivity (Wildman–Crippen MR) is 296 cm³/mol. The lowest BCUT2D eigenvalue weighted by Gasteiger charge is -2.37. The first-order chi connectivity index (χ1) is 35.7. The third-order valence-corrected chi connectivity index (χ3v) is 14.4.